The Morgan fingerprint density at radius 1 is 1.15 bits per heavy atom. The fourth-order valence-corrected chi connectivity index (χ4v) is 4.92. The number of carbonyl (C=O) groups is 1. The largest absolute Gasteiger partial charge is 0.338 e. The Morgan fingerprint density at radius 2 is 1.92 bits per heavy atom. The Bertz CT molecular complexity index is 750. The third kappa shape index (κ3) is 4.45. The minimum absolute atomic E-state index is 0.111. The minimum Gasteiger partial charge on any atom is -0.338 e. The topological polar surface area (TPSA) is 60.9 Å². The van der Waals surface area contributed by atoms with Gasteiger partial charge < -0.3 is 4.90 Å². The first-order valence-corrected chi connectivity index (χ1v) is 11.2. The van der Waals surface area contributed by atoms with Gasteiger partial charge in [0, 0.05) is 26.7 Å². The van der Waals surface area contributed by atoms with Crippen molar-refractivity contribution in [3.05, 3.63) is 35.4 Å². The fraction of sp³-hybridized carbons (Fsp3) is 0.632. The number of carbonyl (C=O) groups excluding carboxylic acids is 1. The van der Waals surface area contributed by atoms with Gasteiger partial charge in [-0.3, -0.25) is 9.69 Å². The van der Waals surface area contributed by atoms with Crippen molar-refractivity contribution in [1.29, 1.82) is 0 Å². The molecule has 1 heterocycles. The van der Waals surface area contributed by atoms with Gasteiger partial charge in [-0.05, 0) is 43.4 Å². The van der Waals surface area contributed by atoms with E-state index in [4.69, 9.17) is 0 Å². The molecule has 3 rings (SSSR count). The van der Waals surface area contributed by atoms with Gasteiger partial charge in [0.1, 0.15) is 0 Å². The molecule has 0 bridgehead atoms. The van der Waals surface area contributed by atoms with Crippen LogP contribution in [0.3, 0.4) is 0 Å². The van der Waals surface area contributed by atoms with Gasteiger partial charge in [0.15, 0.2) is 0 Å². The molecule has 0 saturated carbocycles. The van der Waals surface area contributed by atoms with E-state index in [1.165, 1.54) is 21.7 Å². The number of nitrogens with zero attached hydrogens (tertiary/aromatic N) is 3. The average Bonchev–Trinajstić information content (AvgIpc) is 2.86. The van der Waals surface area contributed by atoms with Crippen LogP contribution in [0.4, 0.5) is 0 Å². The molecule has 1 aromatic carbocycles. The molecule has 144 valence electrons. The first-order chi connectivity index (χ1) is 12.4. The molecule has 1 aromatic rings. The maximum Gasteiger partial charge on any atom is 0.237 e. The van der Waals surface area contributed by atoms with Crippen molar-refractivity contribution in [2.24, 2.45) is 0 Å². The molecule has 26 heavy (non-hydrogen) atoms. The molecular weight excluding hydrogens is 350 g/mol. The van der Waals surface area contributed by atoms with Crippen LogP contribution in [-0.2, 0) is 21.2 Å². The molecule has 7 heteroatoms. The van der Waals surface area contributed by atoms with Gasteiger partial charge in [-0.1, -0.05) is 24.3 Å². The number of aryl methyl sites for hydroxylation is 1. The van der Waals surface area contributed by atoms with E-state index < -0.39 is 10.0 Å². The third-order valence-electron chi connectivity index (χ3n) is 5.57. The van der Waals surface area contributed by atoms with E-state index in [9.17, 15) is 13.2 Å². The predicted octanol–water partition coefficient (Wildman–Crippen LogP) is 1.49. The molecular formula is C19H29N3O3S. The zero-order valence-corrected chi connectivity index (χ0v) is 16.5. The lowest BCUT2D eigenvalue weighted by Gasteiger charge is -2.34. The molecule has 0 N–H and O–H groups in total. The van der Waals surface area contributed by atoms with Crippen molar-refractivity contribution in [3.63, 3.8) is 0 Å². The Hall–Kier alpha value is -1.44. The molecule has 0 aromatic heterocycles. The van der Waals surface area contributed by atoms with Gasteiger partial charge >= 0.3 is 0 Å². The summed E-state index contributed by atoms with van der Waals surface area (Å²) in [6, 6.07) is 8.55. The number of hydrogen-bond acceptors (Lipinski definition) is 4. The van der Waals surface area contributed by atoms with Crippen LogP contribution < -0.4 is 0 Å². The summed E-state index contributed by atoms with van der Waals surface area (Å²) in [5.74, 6) is 0.111. The van der Waals surface area contributed by atoms with E-state index in [1.807, 2.05) is 18.0 Å². The molecule has 1 aliphatic carbocycles. The second-order valence-corrected chi connectivity index (χ2v) is 9.39. The van der Waals surface area contributed by atoms with Gasteiger partial charge in [0.25, 0.3) is 0 Å². The molecule has 1 fully saturated rings. The van der Waals surface area contributed by atoms with Crippen LogP contribution in [0.15, 0.2) is 24.3 Å². The number of rotatable bonds is 4. The van der Waals surface area contributed by atoms with E-state index in [2.05, 4.69) is 23.1 Å². The molecule has 6 nitrogen and oxygen atoms in total. The van der Waals surface area contributed by atoms with Crippen LogP contribution in [0, 0.1) is 0 Å². The summed E-state index contributed by atoms with van der Waals surface area (Å²) in [4.78, 5) is 16.8. The zero-order chi connectivity index (χ0) is 18.7. The van der Waals surface area contributed by atoms with Crippen LogP contribution in [0.2, 0.25) is 0 Å². The monoisotopic (exact) mass is 379 g/mol. The minimum atomic E-state index is -3.16. The Labute approximate surface area is 156 Å². The van der Waals surface area contributed by atoms with Crippen LogP contribution in [0.25, 0.3) is 0 Å². The maximum atomic E-state index is 12.9. The molecule has 0 radical (unpaired) electrons. The lowest BCUT2D eigenvalue weighted by atomic mass is 9.87. The lowest BCUT2D eigenvalue weighted by molar-refractivity contribution is -0.133. The smallest absolute Gasteiger partial charge is 0.237 e. The van der Waals surface area contributed by atoms with E-state index in [0.29, 0.717) is 26.2 Å². The summed E-state index contributed by atoms with van der Waals surface area (Å²) >= 11 is 0. The van der Waals surface area contributed by atoms with Crippen molar-refractivity contribution in [2.75, 3.05) is 46.0 Å². The first-order valence-electron chi connectivity index (χ1n) is 9.37. The van der Waals surface area contributed by atoms with Gasteiger partial charge in [0.2, 0.25) is 15.9 Å². The van der Waals surface area contributed by atoms with E-state index in [1.54, 1.807) is 0 Å². The number of likely N-dealkylation sites (N-methyl/N-ethyl adjacent to an activating group) is 1. The summed E-state index contributed by atoms with van der Waals surface area (Å²) in [6.07, 6.45) is 5.20. The van der Waals surface area contributed by atoms with Crippen LogP contribution in [0.5, 0.6) is 0 Å². The van der Waals surface area contributed by atoms with Crippen molar-refractivity contribution in [3.8, 4) is 0 Å². The quantitative estimate of drug-likeness (QED) is 0.795. The maximum absolute atomic E-state index is 12.9. The average molecular weight is 380 g/mol. The summed E-state index contributed by atoms with van der Waals surface area (Å²) in [5, 5.41) is 0. The molecule has 1 saturated heterocycles. The van der Waals surface area contributed by atoms with Crippen molar-refractivity contribution < 1.29 is 13.2 Å². The Balaban J connectivity index is 1.62. The first kappa shape index (κ1) is 19.3. The molecule has 0 spiro atoms. The highest BCUT2D eigenvalue weighted by Gasteiger charge is 2.28. The van der Waals surface area contributed by atoms with Crippen LogP contribution in [0.1, 0.15) is 36.4 Å². The van der Waals surface area contributed by atoms with Crippen molar-refractivity contribution >= 4 is 15.9 Å². The summed E-state index contributed by atoms with van der Waals surface area (Å²) in [5.41, 5.74) is 2.62. The standard InChI is InChI=1S/C19H29N3O3S/c1-20(18-10-5-8-16-7-3-4-9-17(16)18)19(23)15-21-11-6-12-22(14-13-21)26(2,24)25/h3-4,7,9,18H,5-6,8,10-15H2,1-2H3. The highest BCUT2D eigenvalue weighted by Crippen LogP contribution is 2.33. The predicted molar refractivity (Wildman–Crippen MR) is 102 cm³/mol. The highest BCUT2D eigenvalue weighted by atomic mass is 32.2. The Kier molecular flexibility index (Phi) is 5.99. The normalized spacial score (nSPS) is 22.5. The summed E-state index contributed by atoms with van der Waals surface area (Å²) < 4.78 is 25.0. The number of sulfonamides is 1. The van der Waals surface area contributed by atoms with E-state index >= 15 is 0 Å². The van der Waals surface area contributed by atoms with Crippen LogP contribution in [-0.4, -0.2) is 74.5 Å². The van der Waals surface area contributed by atoms with E-state index in [-0.39, 0.29) is 11.9 Å². The van der Waals surface area contributed by atoms with Gasteiger partial charge in [-0.15, -0.1) is 0 Å². The number of hydrogen-bond donors (Lipinski definition) is 0. The SMILES string of the molecule is CN(C(=O)CN1CCCN(S(C)(=O)=O)CC1)C1CCCc2ccccc21. The number of fused-ring (bicyclic) bond motifs is 1. The van der Waals surface area contributed by atoms with Crippen LogP contribution >= 0.6 is 0 Å². The zero-order valence-electron chi connectivity index (χ0n) is 15.7. The molecule has 1 unspecified atom stereocenters. The number of amides is 1. The second kappa shape index (κ2) is 8.06. The summed E-state index contributed by atoms with van der Waals surface area (Å²) in [7, 11) is -1.26. The van der Waals surface area contributed by atoms with Gasteiger partial charge in [-0.25, -0.2) is 12.7 Å². The molecule has 2 aliphatic rings. The lowest BCUT2D eigenvalue weighted by Crippen LogP contribution is -2.42. The van der Waals surface area contributed by atoms with Crippen molar-refractivity contribution in [1.82, 2.24) is 14.1 Å². The summed E-state index contributed by atoms with van der Waals surface area (Å²) in [6.45, 7) is 2.71. The second-order valence-electron chi connectivity index (χ2n) is 7.40. The van der Waals surface area contributed by atoms with Crippen molar-refractivity contribution in [2.45, 2.75) is 31.7 Å². The highest BCUT2D eigenvalue weighted by molar-refractivity contribution is 7.88. The molecule has 1 aliphatic heterocycles. The molecule has 1 atom stereocenters. The molecule has 1 amide bonds. The number of benzene rings is 1. The third-order valence-corrected chi connectivity index (χ3v) is 6.88. The Morgan fingerprint density at radius 3 is 2.69 bits per heavy atom. The fourth-order valence-electron chi connectivity index (χ4n) is 4.04. The van der Waals surface area contributed by atoms with E-state index in [0.717, 1.165) is 32.2 Å². The van der Waals surface area contributed by atoms with Gasteiger partial charge in [0.05, 0.1) is 18.8 Å². The van der Waals surface area contributed by atoms with Gasteiger partial charge in [-0.2, -0.15) is 0 Å².